The number of benzene rings is 1. The summed E-state index contributed by atoms with van der Waals surface area (Å²) in [5, 5.41) is 0. The lowest BCUT2D eigenvalue weighted by atomic mass is 10.0. The topological polar surface area (TPSA) is 35.5 Å². The first-order valence-electron chi connectivity index (χ1n) is 5.21. The minimum absolute atomic E-state index is 0.00986. The van der Waals surface area contributed by atoms with E-state index in [1.54, 1.807) is 19.2 Å². The molecule has 1 heterocycles. The fraction of sp³-hybridized carbons (Fsp3) is 0.417. The molecule has 16 heavy (non-hydrogen) atoms. The van der Waals surface area contributed by atoms with Crippen molar-refractivity contribution in [3.8, 4) is 5.75 Å². The molecule has 0 spiro atoms. The van der Waals surface area contributed by atoms with E-state index in [0.29, 0.717) is 17.9 Å². The molecule has 0 N–H and O–H groups in total. The lowest BCUT2D eigenvalue weighted by Gasteiger charge is -2.12. The predicted octanol–water partition coefficient (Wildman–Crippen LogP) is 2.82. The van der Waals surface area contributed by atoms with Gasteiger partial charge in [0.25, 0.3) is 0 Å². The number of halogens is 1. The molecule has 0 amide bonds. The molecule has 1 fully saturated rings. The van der Waals surface area contributed by atoms with Crippen LogP contribution >= 0.6 is 15.9 Å². The Kier molecular flexibility index (Phi) is 3.61. The van der Waals surface area contributed by atoms with Crippen molar-refractivity contribution in [3.05, 3.63) is 28.2 Å². The lowest BCUT2D eigenvalue weighted by Crippen LogP contribution is -2.20. The average Bonchev–Trinajstić information content (AvgIpc) is 2.81. The summed E-state index contributed by atoms with van der Waals surface area (Å²) in [6.45, 7) is 0.673. The number of hydrogen-bond donors (Lipinski definition) is 0. The van der Waals surface area contributed by atoms with Gasteiger partial charge in [0.05, 0.1) is 12.7 Å². The van der Waals surface area contributed by atoms with E-state index in [2.05, 4.69) is 15.9 Å². The van der Waals surface area contributed by atoms with Crippen LogP contribution in [0.2, 0.25) is 0 Å². The number of carbonyl (C=O) groups excluding carboxylic acids is 1. The first-order chi connectivity index (χ1) is 7.72. The highest BCUT2D eigenvalue weighted by atomic mass is 79.9. The number of methoxy groups -OCH3 is 1. The van der Waals surface area contributed by atoms with E-state index in [1.165, 1.54) is 0 Å². The number of rotatable bonds is 3. The van der Waals surface area contributed by atoms with Gasteiger partial charge in [-0.05, 0) is 31.0 Å². The number of ether oxygens (including phenoxy) is 2. The molecule has 2 rings (SSSR count). The minimum atomic E-state index is -0.303. The Morgan fingerprint density at radius 3 is 3.00 bits per heavy atom. The molecule has 86 valence electrons. The Hall–Kier alpha value is -0.870. The van der Waals surface area contributed by atoms with Crippen LogP contribution in [0.5, 0.6) is 5.75 Å². The van der Waals surface area contributed by atoms with Gasteiger partial charge in [-0.15, -0.1) is 0 Å². The zero-order valence-electron chi connectivity index (χ0n) is 9.03. The van der Waals surface area contributed by atoms with Crippen molar-refractivity contribution in [2.75, 3.05) is 13.7 Å². The van der Waals surface area contributed by atoms with Gasteiger partial charge < -0.3 is 9.47 Å². The molecule has 1 aromatic carbocycles. The smallest absolute Gasteiger partial charge is 0.195 e. The van der Waals surface area contributed by atoms with E-state index >= 15 is 0 Å². The second kappa shape index (κ2) is 4.97. The third-order valence-corrected chi connectivity index (χ3v) is 3.14. The van der Waals surface area contributed by atoms with Crippen molar-refractivity contribution >= 4 is 21.7 Å². The van der Waals surface area contributed by atoms with Gasteiger partial charge in [-0.2, -0.15) is 0 Å². The van der Waals surface area contributed by atoms with E-state index in [0.717, 1.165) is 17.3 Å². The van der Waals surface area contributed by atoms with Gasteiger partial charge in [-0.1, -0.05) is 15.9 Å². The molecule has 0 aliphatic carbocycles. The molecular formula is C12H13BrO3. The molecule has 1 unspecified atom stereocenters. The van der Waals surface area contributed by atoms with Crippen LogP contribution in [0.25, 0.3) is 0 Å². The summed E-state index contributed by atoms with van der Waals surface area (Å²) in [6, 6.07) is 5.42. The molecular weight excluding hydrogens is 272 g/mol. The molecule has 1 atom stereocenters. The van der Waals surface area contributed by atoms with E-state index < -0.39 is 0 Å². The van der Waals surface area contributed by atoms with Crippen LogP contribution in [0.4, 0.5) is 0 Å². The average molecular weight is 285 g/mol. The number of carbonyl (C=O) groups is 1. The van der Waals surface area contributed by atoms with Gasteiger partial charge in [0.2, 0.25) is 0 Å². The Balaban J connectivity index is 2.30. The van der Waals surface area contributed by atoms with Crippen molar-refractivity contribution in [3.63, 3.8) is 0 Å². The van der Waals surface area contributed by atoms with Crippen molar-refractivity contribution in [2.45, 2.75) is 18.9 Å². The van der Waals surface area contributed by atoms with Crippen molar-refractivity contribution in [1.29, 1.82) is 0 Å². The Bertz CT molecular complexity index is 397. The van der Waals surface area contributed by atoms with Crippen molar-refractivity contribution in [1.82, 2.24) is 0 Å². The maximum absolute atomic E-state index is 12.2. The monoisotopic (exact) mass is 284 g/mol. The second-order valence-electron chi connectivity index (χ2n) is 3.71. The highest BCUT2D eigenvalue weighted by Crippen LogP contribution is 2.27. The summed E-state index contributed by atoms with van der Waals surface area (Å²) in [6.07, 6.45) is 1.45. The number of ketones is 1. The van der Waals surface area contributed by atoms with Gasteiger partial charge in [-0.25, -0.2) is 0 Å². The SMILES string of the molecule is COc1ccc(Br)cc1C(=O)C1CCCO1. The molecule has 3 nitrogen and oxygen atoms in total. The van der Waals surface area contributed by atoms with Gasteiger partial charge in [0.15, 0.2) is 5.78 Å². The maximum atomic E-state index is 12.2. The van der Waals surface area contributed by atoms with Gasteiger partial charge in [0.1, 0.15) is 11.9 Å². The quantitative estimate of drug-likeness (QED) is 0.801. The molecule has 0 aromatic heterocycles. The Labute approximate surface area is 103 Å². The summed E-state index contributed by atoms with van der Waals surface area (Å²) < 4.78 is 11.4. The Morgan fingerprint density at radius 2 is 2.38 bits per heavy atom. The summed E-state index contributed by atoms with van der Waals surface area (Å²) in [5.41, 5.74) is 0.587. The fourth-order valence-electron chi connectivity index (χ4n) is 1.83. The molecule has 0 radical (unpaired) electrons. The van der Waals surface area contributed by atoms with E-state index in [4.69, 9.17) is 9.47 Å². The highest BCUT2D eigenvalue weighted by molar-refractivity contribution is 9.10. The van der Waals surface area contributed by atoms with Crippen LogP contribution in [0.3, 0.4) is 0 Å². The van der Waals surface area contributed by atoms with E-state index in [1.807, 2.05) is 6.07 Å². The summed E-state index contributed by atoms with van der Waals surface area (Å²) in [4.78, 5) is 12.2. The molecule has 1 aromatic rings. The molecule has 1 aliphatic heterocycles. The van der Waals surface area contributed by atoms with Crippen LogP contribution in [0.1, 0.15) is 23.2 Å². The van der Waals surface area contributed by atoms with Gasteiger partial charge in [0, 0.05) is 11.1 Å². The molecule has 1 aliphatic rings. The zero-order chi connectivity index (χ0) is 11.5. The van der Waals surface area contributed by atoms with Crippen molar-refractivity contribution in [2.24, 2.45) is 0 Å². The molecule has 4 heteroatoms. The minimum Gasteiger partial charge on any atom is -0.496 e. The molecule has 0 bridgehead atoms. The molecule has 0 saturated carbocycles. The number of Topliss-reactive ketones (excluding diaryl/α,β-unsaturated/α-hetero) is 1. The van der Waals surface area contributed by atoms with E-state index in [-0.39, 0.29) is 11.9 Å². The third-order valence-electron chi connectivity index (χ3n) is 2.65. The van der Waals surface area contributed by atoms with Gasteiger partial charge >= 0.3 is 0 Å². The second-order valence-corrected chi connectivity index (χ2v) is 4.63. The first-order valence-corrected chi connectivity index (χ1v) is 6.01. The highest BCUT2D eigenvalue weighted by Gasteiger charge is 2.26. The molecule has 1 saturated heterocycles. The summed E-state index contributed by atoms with van der Waals surface area (Å²) in [5.74, 6) is 0.611. The van der Waals surface area contributed by atoms with Gasteiger partial charge in [-0.3, -0.25) is 4.79 Å². The largest absolute Gasteiger partial charge is 0.496 e. The summed E-state index contributed by atoms with van der Waals surface area (Å²) in [7, 11) is 1.57. The van der Waals surface area contributed by atoms with Crippen LogP contribution in [0.15, 0.2) is 22.7 Å². The first kappa shape index (κ1) is 11.6. The number of hydrogen-bond acceptors (Lipinski definition) is 3. The standard InChI is InChI=1S/C12H13BrO3/c1-15-10-5-4-8(13)7-9(10)12(14)11-3-2-6-16-11/h4-5,7,11H,2-3,6H2,1H3. The van der Waals surface area contributed by atoms with Crippen LogP contribution in [-0.2, 0) is 4.74 Å². The van der Waals surface area contributed by atoms with Crippen LogP contribution in [-0.4, -0.2) is 25.6 Å². The fourth-order valence-corrected chi connectivity index (χ4v) is 2.19. The zero-order valence-corrected chi connectivity index (χ0v) is 10.6. The maximum Gasteiger partial charge on any atom is 0.195 e. The normalized spacial score (nSPS) is 19.8. The third kappa shape index (κ3) is 2.28. The van der Waals surface area contributed by atoms with Crippen LogP contribution < -0.4 is 4.74 Å². The van der Waals surface area contributed by atoms with Crippen LogP contribution in [0, 0.1) is 0 Å². The Morgan fingerprint density at radius 1 is 1.56 bits per heavy atom. The predicted molar refractivity (Wildman–Crippen MR) is 64.0 cm³/mol. The summed E-state index contributed by atoms with van der Waals surface area (Å²) >= 11 is 3.35. The lowest BCUT2D eigenvalue weighted by molar-refractivity contribution is 0.0640. The van der Waals surface area contributed by atoms with Crippen molar-refractivity contribution < 1.29 is 14.3 Å². The van der Waals surface area contributed by atoms with E-state index in [9.17, 15) is 4.79 Å².